The maximum atomic E-state index is 14.8. The summed E-state index contributed by atoms with van der Waals surface area (Å²) in [5.74, 6) is -2.53. The highest BCUT2D eigenvalue weighted by Gasteiger charge is 2.75. The smallest absolute Gasteiger partial charge is 0.249 e. The number of ether oxygens (including phenoxy) is 1. The standard InChI is InChI=1S/C35H41N3O5/c1-4-13-24(2)36-20-12-19-35-29(28-31(40)37(26-16-9-6-10-17-26)21-11-18-34(28,3)43-35)32(41)38(30(35)33(36)42)27(23-39)22-25-14-7-5-8-15-25/h5-12,14-19,24,27-30,39H,4,13,20-23H2,1-3H3/t24?,27-,28+,29+,30?,34-,35+/m1/s1. The minimum atomic E-state index is -1.36. The predicted molar refractivity (Wildman–Crippen MR) is 164 cm³/mol. The van der Waals surface area contributed by atoms with Crippen LogP contribution >= 0.6 is 0 Å². The van der Waals surface area contributed by atoms with E-state index in [1.807, 2.05) is 104 Å². The van der Waals surface area contributed by atoms with Crippen molar-refractivity contribution in [2.75, 3.05) is 24.6 Å². The first-order chi connectivity index (χ1) is 20.8. The number of aliphatic hydroxyl groups excluding tert-OH is 1. The zero-order chi connectivity index (χ0) is 30.4. The zero-order valence-corrected chi connectivity index (χ0v) is 25.1. The van der Waals surface area contributed by atoms with E-state index in [0.29, 0.717) is 19.5 Å². The first-order valence-corrected chi connectivity index (χ1v) is 15.4. The number of rotatable bonds is 8. The third-order valence-electron chi connectivity index (χ3n) is 9.75. The molecule has 3 amide bonds. The summed E-state index contributed by atoms with van der Waals surface area (Å²) < 4.78 is 6.97. The van der Waals surface area contributed by atoms with Gasteiger partial charge in [0.2, 0.25) is 17.7 Å². The molecule has 1 N–H and O–H groups in total. The van der Waals surface area contributed by atoms with Gasteiger partial charge < -0.3 is 24.5 Å². The highest BCUT2D eigenvalue weighted by molar-refractivity contribution is 6.04. The van der Waals surface area contributed by atoms with Crippen molar-refractivity contribution < 1.29 is 24.2 Å². The summed E-state index contributed by atoms with van der Waals surface area (Å²) in [6.07, 6.45) is 9.72. The van der Waals surface area contributed by atoms with Crippen LogP contribution in [-0.2, 0) is 25.5 Å². The Kier molecular flexibility index (Phi) is 7.77. The van der Waals surface area contributed by atoms with E-state index in [2.05, 4.69) is 6.92 Å². The Morgan fingerprint density at radius 2 is 1.58 bits per heavy atom. The molecule has 4 heterocycles. The summed E-state index contributed by atoms with van der Waals surface area (Å²) in [7, 11) is 0. The second-order valence-electron chi connectivity index (χ2n) is 12.5. The summed E-state index contributed by atoms with van der Waals surface area (Å²) >= 11 is 0. The van der Waals surface area contributed by atoms with E-state index in [1.165, 1.54) is 0 Å². The van der Waals surface area contributed by atoms with Crippen molar-refractivity contribution in [3.63, 3.8) is 0 Å². The number of hydrogen-bond acceptors (Lipinski definition) is 5. The summed E-state index contributed by atoms with van der Waals surface area (Å²) in [6, 6.07) is 17.4. The van der Waals surface area contributed by atoms with Gasteiger partial charge in [-0.1, -0.05) is 86.2 Å². The molecule has 6 rings (SSSR count). The SMILES string of the molecule is CCCC(C)N1CC=C[C@]23O[C@]4(C)C=CCN(c5ccccc5)C(=O)[C@@H]4[C@H]2C(=O)N([C@@H](CO)Cc2ccccc2)C3C1=O. The largest absolute Gasteiger partial charge is 0.394 e. The molecule has 7 atom stereocenters. The average Bonchev–Trinajstić information content (AvgIpc) is 3.28. The molecule has 0 aromatic heterocycles. The van der Waals surface area contributed by atoms with Crippen LogP contribution in [0.15, 0.2) is 85.0 Å². The maximum Gasteiger partial charge on any atom is 0.249 e. The first kappa shape index (κ1) is 29.3. The molecule has 0 saturated carbocycles. The van der Waals surface area contributed by atoms with E-state index < -0.39 is 35.1 Å². The summed E-state index contributed by atoms with van der Waals surface area (Å²) in [4.78, 5) is 49.1. The highest BCUT2D eigenvalue weighted by atomic mass is 16.5. The molecule has 1 spiro atoms. The van der Waals surface area contributed by atoms with E-state index in [0.717, 1.165) is 24.1 Å². The number of anilines is 1. The minimum Gasteiger partial charge on any atom is -0.394 e. The van der Waals surface area contributed by atoms with Crippen molar-refractivity contribution in [3.8, 4) is 0 Å². The molecule has 8 nitrogen and oxygen atoms in total. The quantitative estimate of drug-likeness (QED) is 0.478. The number of hydrogen-bond donors (Lipinski definition) is 1. The van der Waals surface area contributed by atoms with Crippen LogP contribution in [0.2, 0.25) is 0 Å². The van der Waals surface area contributed by atoms with Crippen molar-refractivity contribution in [3.05, 3.63) is 90.5 Å². The number of nitrogens with zero attached hydrogens (tertiary/aromatic N) is 3. The van der Waals surface area contributed by atoms with Gasteiger partial charge in [0.15, 0.2) is 0 Å². The van der Waals surface area contributed by atoms with Crippen molar-refractivity contribution >= 4 is 23.4 Å². The monoisotopic (exact) mass is 583 g/mol. The Labute approximate surface area is 253 Å². The second-order valence-corrected chi connectivity index (χ2v) is 12.5. The molecule has 0 aliphatic carbocycles. The summed E-state index contributed by atoms with van der Waals surface area (Å²) in [6.45, 7) is 6.39. The van der Waals surface area contributed by atoms with Gasteiger partial charge in [-0.05, 0) is 44.4 Å². The van der Waals surface area contributed by atoms with Gasteiger partial charge in [0.05, 0.1) is 30.1 Å². The van der Waals surface area contributed by atoms with Crippen LogP contribution in [0, 0.1) is 11.8 Å². The number of carbonyl (C=O) groups is 3. The maximum absolute atomic E-state index is 14.8. The molecule has 2 unspecified atom stereocenters. The fourth-order valence-corrected chi connectivity index (χ4v) is 7.82. The molecule has 43 heavy (non-hydrogen) atoms. The van der Waals surface area contributed by atoms with Crippen molar-refractivity contribution in [1.82, 2.24) is 9.80 Å². The van der Waals surface area contributed by atoms with Crippen LogP contribution in [0.3, 0.4) is 0 Å². The van der Waals surface area contributed by atoms with E-state index in [1.54, 1.807) is 9.80 Å². The number of benzene rings is 2. The number of carbonyl (C=O) groups excluding carboxylic acids is 3. The lowest BCUT2D eigenvalue weighted by Crippen LogP contribution is -2.60. The number of para-hydroxylation sites is 1. The van der Waals surface area contributed by atoms with Crippen LogP contribution in [0.1, 0.15) is 39.2 Å². The molecule has 2 aromatic rings. The molecule has 226 valence electrons. The van der Waals surface area contributed by atoms with Crippen molar-refractivity contribution in [2.45, 2.75) is 69.4 Å². The van der Waals surface area contributed by atoms with Gasteiger partial charge in [-0.25, -0.2) is 0 Å². The van der Waals surface area contributed by atoms with Gasteiger partial charge >= 0.3 is 0 Å². The van der Waals surface area contributed by atoms with Gasteiger partial charge in [-0.3, -0.25) is 14.4 Å². The Bertz CT molecular complexity index is 1430. The van der Waals surface area contributed by atoms with Crippen LogP contribution in [-0.4, -0.2) is 81.7 Å². The lowest BCUT2D eigenvalue weighted by molar-refractivity contribution is -0.155. The third-order valence-corrected chi connectivity index (χ3v) is 9.75. The molecule has 4 aliphatic heterocycles. The van der Waals surface area contributed by atoms with Gasteiger partial charge in [-0.15, -0.1) is 0 Å². The number of likely N-dealkylation sites (tertiary alicyclic amines) is 1. The number of amides is 3. The zero-order valence-electron chi connectivity index (χ0n) is 25.1. The molecule has 0 radical (unpaired) electrons. The molecule has 2 saturated heterocycles. The Hall–Kier alpha value is -3.75. The molecule has 4 aliphatic rings. The lowest BCUT2D eigenvalue weighted by atomic mass is 9.74. The van der Waals surface area contributed by atoms with E-state index in [4.69, 9.17) is 4.74 Å². The third kappa shape index (κ3) is 4.71. The van der Waals surface area contributed by atoms with Gasteiger partial charge in [-0.2, -0.15) is 0 Å². The average molecular weight is 584 g/mol. The minimum absolute atomic E-state index is 0.0485. The van der Waals surface area contributed by atoms with Crippen LogP contribution in [0.25, 0.3) is 0 Å². The van der Waals surface area contributed by atoms with Crippen LogP contribution in [0.4, 0.5) is 5.69 Å². The lowest BCUT2D eigenvalue weighted by Gasteiger charge is -2.41. The normalized spacial score (nSPS) is 31.4. The molecular weight excluding hydrogens is 542 g/mol. The molecule has 0 bridgehead atoms. The van der Waals surface area contributed by atoms with E-state index >= 15 is 0 Å². The number of fused-ring (bicyclic) bond motifs is 2. The van der Waals surface area contributed by atoms with Crippen molar-refractivity contribution in [2.24, 2.45) is 11.8 Å². The topological polar surface area (TPSA) is 90.4 Å². The summed E-state index contributed by atoms with van der Waals surface area (Å²) in [5.41, 5.74) is -0.778. The highest BCUT2D eigenvalue weighted by Crippen LogP contribution is 2.58. The molecular formula is C35H41N3O5. The van der Waals surface area contributed by atoms with Gasteiger partial charge in [0.1, 0.15) is 11.6 Å². The van der Waals surface area contributed by atoms with Crippen LogP contribution in [0.5, 0.6) is 0 Å². The first-order valence-electron chi connectivity index (χ1n) is 15.4. The van der Waals surface area contributed by atoms with Crippen LogP contribution < -0.4 is 4.90 Å². The molecule has 2 aromatic carbocycles. The summed E-state index contributed by atoms with van der Waals surface area (Å²) in [5, 5.41) is 10.7. The number of aliphatic hydroxyl groups is 1. The van der Waals surface area contributed by atoms with E-state index in [-0.39, 0.29) is 30.4 Å². The fraction of sp³-hybridized carbons (Fsp3) is 0.457. The molecule has 2 fully saturated rings. The van der Waals surface area contributed by atoms with E-state index in [9.17, 15) is 19.5 Å². The Morgan fingerprint density at radius 3 is 2.26 bits per heavy atom. The molecule has 8 heteroatoms. The fourth-order valence-electron chi connectivity index (χ4n) is 7.82. The predicted octanol–water partition coefficient (Wildman–Crippen LogP) is 3.75. The van der Waals surface area contributed by atoms with Gasteiger partial charge in [0, 0.05) is 24.8 Å². The second kappa shape index (κ2) is 11.4. The Balaban J connectivity index is 1.48. The van der Waals surface area contributed by atoms with Crippen molar-refractivity contribution in [1.29, 1.82) is 0 Å². The van der Waals surface area contributed by atoms with Gasteiger partial charge in [0.25, 0.3) is 0 Å². The Morgan fingerprint density at radius 1 is 0.907 bits per heavy atom.